The first-order valence-electron chi connectivity index (χ1n) is 7.38. The number of methoxy groups -OCH3 is 1. The molecule has 0 aromatic heterocycles. The second kappa shape index (κ2) is 8.53. The lowest BCUT2D eigenvalue weighted by Gasteiger charge is -2.27. The molecule has 0 unspecified atom stereocenters. The van der Waals surface area contributed by atoms with Crippen molar-refractivity contribution in [3.8, 4) is 11.5 Å². The van der Waals surface area contributed by atoms with Gasteiger partial charge in [-0.15, -0.1) is 0 Å². The van der Waals surface area contributed by atoms with Crippen LogP contribution in [0.5, 0.6) is 11.5 Å². The third-order valence-corrected chi connectivity index (χ3v) is 4.16. The van der Waals surface area contributed by atoms with Crippen molar-refractivity contribution < 1.29 is 27.2 Å². The van der Waals surface area contributed by atoms with Crippen LogP contribution in [0.3, 0.4) is 0 Å². The number of benzene rings is 2. The molecule has 2 atom stereocenters. The number of ether oxygens (including phenoxy) is 2. The molecule has 136 valence electrons. The summed E-state index contributed by atoms with van der Waals surface area (Å²) in [6.07, 6.45) is -1.09. The predicted octanol–water partition coefficient (Wildman–Crippen LogP) is 2.81. The molecule has 2 aromatic carbocycles. The van der Waals surface area contributed by atoms with E-state index in [1.165, 1.54) is 7.11 Å². The summed E-state index contributed by atoms with van der Waals surface area (Å²) in [5.74, 6) is 0.723. The highest BCUT2D eigenvalue weighted by Crippen LogP contribution is 2.35. The lowest BCUT2D eigenvalue weighted by molar-refractivity contribution is 0.0180. The fourth-order valence-corrected chi connectivity index (χ4v) is 3.05. The topological polar surface area (TPSA) is 82.1 Å². The van der Waals surface area contributed by atoms with Crippen LogP contribution in [0, 0.1) is 0 Å². The van der Waals surface area contributed by atoms with Crippen LogP contribution in [0.15, 0.2) is 48.5 Å². The molecule has 6 nitrogen and oxygen atoms in total. The van der Waals surface area contributed by atoms with Gasteiger partial charge in [0.1, 0.15) is 6.10 Å². The zero-order valence-corrected chi connectivity index (χ0v) is 15.3. The zero-order valence-electron chi connectivity index (χ0n) is 13.8. The number of halogens is 1. The summed E-state index contributed by atoms with van der Waals surface area (Å²) in [4.78, 5) is 0. The van der Waals surface area contributed by atoms with Crippen molar-refractivity contribution in [2.75, 3.05) is 20.0 Å². The molecule has 0 radical (unpaired) electrons. The van der Waals surface area contributed by atoms with Gasteiger partial charge < -0.3 is 14.6 Å². The van der Waals surface area contributed by atoms with Crippen molar-refractivity contribution in [3.05, 3.63) is 59.1 Å². The van der Waals surface area contributed by atoms with Crippen LogP contribution >= 0.6 is 11.6 Å². The summed E-state index contributed by atoms with van der Waals surface area (Å²) in [5.41, 5.74) is 0.641. The molecule has 0 heterocycles. The Balaban J connectivity index is 2.42. The highest BCUT2D eigenvalue weighted by molar-refractivity contribution is 7.86. The molecule has 0 amide bonds. The molecule has 0 saturated carbocycles. The van der Waals surface area contributed by atoms with Gasteiger partial charge in [0, 0.05) is 11.1 Å². The molecule has 2 aromatic rings. The Morgan fingerprint density at radius 2 is 1.80 bits per heavy atom. The second-order valence-electron chi connectivity index (χ2n) is 5.27. The van der Waals surface area contributed by atoms with Crippen LogP contribution < -0.4 is 9.47 Å². The van der Waals surface area contributed by atoms with E-state index in [0.717, 1.165) is 6.26 Å². The van der Waals surface area contributed by atoms with Gasteiger partial charge in [-0.3, -0.25) is 4.18 Å². The summed E-state index contributed by atoms with van der Waals surface area (Å²) >= 11 is 5.95. The first kappa shape index (κ1) is 19.5. The molecule has 0 aliphatic rings. The average molecular weight is 387 g/mol. The van der Waals surface area contributed by atoms with E-state index in [4.69, 9.17) is 25.3 Å². The van der Waals surface area contributed by atoms with Crippen molar-refractivity contribution >= 4 is 21.7 Å². The van der Waals surface area contributed by atoms with E-state index in [-0.39, 0.29) is 0 Å². The lowest BCUT2D eigenvalue weighted by Crippen LogP contribution is -2.32. The Labute approximate surface area is 152 Å². The summed E-state index contributed by atoms with van der Waals surface area (Å²) in [7, 11) is -2.33. The molecular formula is C17H19ClO6S. The van der Waals surface area contributed by atoms with Gasteiger partial charge in [-0.25, -0.2) is 0 Å². The number of hydrogen-bond acceptors (Lipinski definition) is 6. The van der Waals surface area contributed by atoms with Gasteiger partial charge in [-0.05, 0) is 17.7 Å². The fourth-order valence-electron chi connectivity index (χ4n) is 2.28. The van der Waals surface area contributed by atoms with Gasteiger partial charge in [-0.2, -0.15) is 8.42 Å². The van der Waals surface area contributed by atoms with E-state index in [9.17, 15) is 13.5 Å². The number of rotatable bonds is 8. The van der Waals surface area contributed by atoms with E-state index in [0.29, 0.717) is 22.1 Å². The molecule has 1 N–H and O–H groups in total. The molecule has 0 fully saturated rings. The Bertz CT molecular complexity index is 794. The maximum atomic E-state index is 11.5. The van der Waals surface area contributed by atoms with Crippen molar-refractivity contribution in [3.63, 3.8) is 0 Å². The van der Waals surface area contributed by atoms with Crippen molar-refractivity contribution in [2.24, 2.45) is 0 Å². The van der Waals surface area contributed by atoms with E-state index in [1.807, 2.05) is 6.07 Å². The van der Waals surface area contributed by atoms with Gasteiger partial charge in [0.25, 0.3) is 10.1 Å². The number of aliphatic hydroxyl groups excluding tert-OH is 1. The Hall–Kier alpha value is -1.80. The molecule has 0 bridgehead atoms. The molecule has 0 aliphatic carbocycles. The minimum Gasteiger partial charge on any atom is -0.493 e. The van der Waals surface area contributed by atoms with Gasteiger partial charge in [0.2, 0.25) is 0 Å². The third kappa shape index (κ3) is 5.61. The normalized spacial score (nSPS) is 13.9. The first-order chi connectivity index (χ1) is 11.8. The molecular weight excluding hydrogens is 368 g/mol. The molecule has 2 rings (SSSR count). The van der Waals surface area contributed by atoms with Crippen LogP contribution in [0.1, 0.15) is 11.7 Å². The van der Waals surface area contributed by atoms with Crippen LogP contribution in [-0.2, 0) is 14.3 Å². The van der Waals surface area contributed by atoms with Gasteiger partial charge in [0.05, 0.1) is 20.0 Å². The van der Waals surface area contributed by atoms with Crippen molar-refractivity contribution in [1.82, 2.24) is 0 Å². The highest BCUT2D eigenvalue weighted by atomic mass is 35.5. The van der Waals surface area contributed by atoms with Crippen molar-refractivity contribution in [1.29, 1.82) is 0 Å². The number of aliphatic hydroxyl groups is 1. The minimum absolute atomic E-state index is 0.344. The second-order valence-corrected chi connectivity index (χ2v) is 7.30. The van der Waals surface area contributed by atoms with E-state index < -0.39 is 28.9 Å². The monoisotopic (exact) mass is 386 g/mol. The zero-order chi connectivity index (χ0) is 18.4. The standard InChI is InChI=1S/C17H19ClO6S/c1-22-15-10-13(18)8-9-14(15)23-17(12-6-4-3-5-7-12)16(11-19)24-25(2,20)21/h3-10,16-17,19H,11H2,1-2H3/t16-,17-/m0/s1. The number of hydrogen-bond donors (Lipinski definition) is 1. The first-order valence-corrected chi connectivity index (χ1v) is 9.57. The molecule has 0 aliphatic heterocycles. The largest absolute Gasteiger partial charge is 0.493 e. The van der Waals surface area contributed by atoms with E-state index in [1.54, 1.807) is 42.5 Å². The van der Waals surface area contributed by atoms with E-state index >= 15 is 0 Å². The molecule has 25 heavy (non-hydrogen) atoms. The van der Waals surface area contributed by atoms with Crippen LogP contribution in [-0.4, -0.2) is 39.6 Å². The van der Waals surface area contributed by atoms with E-state index in [2.05, 4.69) is 0 Å². The van der Waals surface area contributed by atoms with Gasteiger partial charge >= 0.3 is 0 Å². The highest BCUT2D eigenvalue weighted by Gasteiger charge is 2.29. The smallest absolute Gasteiger partial charge is 0.264 e. The fraction of sp³-hybridized carbons (Fsp3) is 0.294. The maximum absolute atomic E-state index is 11.5. The molecule has 8 heteroatoms. The Kier molecular flexibility index (Phi) is 6.66. The lowest BCUT2D eigenvalue weighted by atomic mass is 10.0. The summed E-state index contributed by atoms with van der Waals surface area (Å²) in [6, 6.07) is 13.7. The maximum Gasteiger partial charge on any atom is 0.264 e. The van der Waals surface area contributed by atoms with Crippen LogP contribution in [0.2, 0.25) is 5.02 Å². The Morgan fingerprint density at radius 1 is 1.12 bits per heavy atom. The summed E-state index contributed by atoms with van der Waals surface area (Å²) in [6.45, 7) is -0.553. The summed E-state index contributed by atoms with van der Waals surface area (Å²) in [5, 5.41) is 10.1. The Morgan fingerprint density at radius 3 is 2.36 bits per heavy atom. The average Bonchev–Trinajstić information content (AvgIpc) is 2.58. The molecule has 0 saturated heterocycles. The minimum atomic E-state index is -3.80. The quantitative estimate of drug-likeness (QED) is 0.702. The predicted molar refractivity (Wildman–Crippen MR) is 94.6 cm³/mol. The van der Waals surface area contributed by atoms with Crippen molar-refractivity contribution in [2.45, 2.75) is 12.2 Å². The van der Waals surface area contributed by atoms with Crippen LogP contribution in [0.4, 0.5) is 0 Å². The van der Waals surface area contributed by atoms with Gasteiger partial charge in [0.15, 0.2) is 17.6 Å². The SMILES string of the molecule is COc1cc(Cl)ccc1O[C@@H](c1ccccc1)[C@H](CO)OS(C)(=O)=O. The van der Waals surface area contributed by atoms with Gasteiger partial charge in [-0.1, -0.05) is 41.9 Å². The summed E-state index contributed by atoms with van der Waals surface area (Å²) < 4.78 is 39.2. The molecule has 0 spiro atoms. The third-order valence-electron chi connectivity index (χ3n) is 3.32. The van der Waals surface area contributed by atoms with Crippen LogP contribution in [0.25, 0.3) is 0 Å².